The highest BCUT2D eigenvalue weighted by molar-refractivity contribution is 7.99. The second-order valence-corrected chi connectivity index (χ2v) is 7.59. The monoisotopic (exact) mass is 356 g/mol. The van der Waals surface area contributed by atoms with Gasteiger partial charge in [-0.05, 0) is 73.2 Å². The first-order valence-electron chi connectivity index (χ1n) is 8.92. The molecule has 4 heteroatoms. The van der Waals surface area contributed by atoms with Gasteiger partial charge in [-0.25, -0.2) is 0 Å². The molecule has 0 atom stereocenters. The van der Waals surface area contributed by atoms with Crippen molar-refractivity contribution in [3.05, 3.63) is 48.5 Å². The number of carboxylic acids is 1. The van der Waals surface area contributed by atoms with Gasteiger partial charge in [-0.1, -0.05) is 24.3 Å². The number of carboxylic acid groups (broad SMARTS) is 1. The van der Waals surface area contributed by atoms with Crippen LogP contribution in [0.1, 0.15) is 38.5 Å². The smallest absolute Gasteiger partial charge is 0.303 e. The lowest BCUT2D eigenvalue weighted by molar-refractivity contribution is -0.137. The van der Waals surface area contributed by atoms with Crippen LogP contribution in [0.3, 0.4) is 0 Å². The lowest BCUT2D eigenvalue weighted by Crippen LogP contribution is -2.10. The predicted molar refractivity (Wildman–Crippen MR) is 102 cm³/mol. The Labute approximate surface area is 153 Å². The van der Waals surface area contributed by atoms with Gasteiger partial charge >= 0.3 is 5.97 Å². The van der Waals surface area contributed by atoms with Crippen LogP contribution in [-0.2, 0) is 4.79 Å². The second kappa shape index (κ2) is 8.95. The molecule has 132 valence electrons. The summed E-state index contributed by atoms with van der Waals surface area (Å²) in [6.45, 7) is 0. The summed E-state index contributed by atoms with van der Waals surface area (Å²) in [6.07, 6.45) is 6.18. The zero-order valence-electron chi connectivity index (χ0n) is 14.3. The number of carbonyl (C=O) groups is 1. The van der Waals surface area contributed by atoms with Crippen LogP contribution < -0.4 is 4.74 Å². The van der Waals surface area contributed by atoms with E-state index in [-0.39, 0.29) is 6.42 Å². The van der Waals surface area contributed by atoms with E-state index in [1.165, 1.54) is 23.3 Å². The third kappa shape index (κ3) is 5.53. The maximum absolute atomic E-state index is 10.5. The summed E-state index contributed by atoms with van der Waals surface area (Å²) in [6, 6.07) is 16.8. The van der Waals surface area contributed by atoms with Crippen molar-refractivity contribution in [1.29, 1.82) is 0 Å². The molecule has 0 spiro atoms. The van der Waals surface area contributed by atoms with Crippen molar-refractivity contribution in [1.82, 2.24) is 0 Å². The topological polar surface area (TPSA) is 46.5 Å². The molecule has 0 radical (unpaired) electrons. The molecule has 0 aliphatic heterocycles. The fourth-order valence-electron chi connectivity index (χ4n) is 3.10. The van der Waals surface area contributed by atoms with Gasteiger partial charge < -0.3 is 9.84 Å². The minimum atomic E-state index is -0.726. The summed E-state index contributed by atoms with van der Waals surface area (Å²) in [4.78, 5) is 11.7. The first kappa shape index (κ1) is 17.9. The van der Waals surface area contributed by atoms with Crippen LogP contribution >= 0.6 is 11.8 Å². The summed E-state index contributed by atoms with van der Waals surface area (Å²) >= 11 is 1.70. The molecule has 1 aliphatic carbocycles. The molecule has 2 aromatic rings. The van der Waals surface area contributed by atoms with Crippen molar-refractivity contribution >= 4 is 17.7 Å². The Kier molecular flexibility index (Phi) is 6.40. The minimum absolute atomic E-state index is 0.235. The Morgan fingerprint density at radius 2 is 1.84 bits per heavy atom. The van der Waals surface area contributed by atoms with Gasteiger partial charge in [0.15, 0.2) is 0 Å². The van der Waals surface area contributed by atoms with Crippen LogP contribution in [0.25, 0.3) is 11.1 Å². The summed E-state index contributed by atoms with van der Waals surface area (Å²) in [5.41, 5.74) is 2.34. The maximum atomic E-state index is 10.5. The number of ether oxygens (including phenoxy) is 1. The molecule has 0 heterocycles. The molecule has 0 bridgehead atoms. The standard InChI is InChI=1S/C21H24O3S/c22-21(23)9-4-14-25-20-12-10-16(11-13-20)17-5-3-8-19(15-17)24-18-6-1-2-7-18/h3,5,8,10-13,15,18H,1-2,4,6-7,9,14H2,(H,22,23). The van der Waals surface area contributed by atoms with Gasteiger partial charge in [-0.2, -0.15) is 0 Å². The predicted octanol–water partition coefficient (Wildman–Crippen LogP) is 5.63. The van der Waals surface area contributed by atoms with Crippen LogP contribution in [0, 0.1) is 0 Å². The van der Waals surface area contributed by atoms with Crippen molar-refractivity contribution in [2.24, 2.45) is 0 Å². The van der Waals surface area contributed by atoms with Crippen LogP contribution in [-0.4, -0.2) is 22.9 Å². The van der Waals surface area contributed by atoms with Crippen LogP contribution in [0.4, 0.5) is 0 Å². The number of thioether (sulfide) groups is 1. The molecular formula is C21H24O3S. The normalized spacial score (nSPS) is 14.6. The van der Waals surface area contributed by atoms with E-state index in [2.05, 4.69) is 36.4 Å². The van der Waals surface area contributed by atoms with E-state index in [0.717, 1.165) is 29.9 Å². The van der Waals surface area contributed by atoms with E-state index in [9.17, 15) is 4.79 Å². The SMILES string of the molecule is O=C(O)CCCSc1ccc(-c2cccc(OC3CCCC3)c2)cc1. The lowest BCUT2D eigenvalue weighted by Gasteiger charge is -2.14. The Balaban J connectivity index is 1.58. The third-order valence-electron chi connectivity index (χ3n) is 4.43. The first-order chi connectivity index (χ1) is 12.2. The van der Waals surface area contributed by atoms with E-state index in [1.54, 1.807) is 11.8 Å². The van der Waals surface area contributed by atoms with E-state index < -0.39 is 5.97 Å². The molecule has 1 saturated carbocycles. The molecular weight excluding hydrogens is 332 g/mol. The Bertz CT molecular complexity index is 691. The summed E-state index contributed by atoms with van der Waals surface area (Å²) in [7, 11) is 0. The highest BCUT2D eigenvalue weighted by Crippen LogP contribution is 2.29. The lowest BCUT2D eigenvalue weighted by atomic mass is 10.1. The zero-order chi connectivity index (χ0) is 17.5. The van der Waals surface area contributed by atoms with Crippen LogP contribution in [0.15, 0.2) is 53.4 Å². The van der Waals surface area contributed by atoms with E-state index in [4.69, 9.17) is 9.84 Å². The molecule has 25 heavy (non-hydrogen) atoms. The Morgan fingerprint density at radius 3 is 2.56 bits per heavy atom. The fourth-order valence-corrected chi connectivity index (χ4v) is 3.96. The number of benzene rings is 2. The molecule has 0 saturated heterocycles. The van der Waals surface area contributed by atoms with Crippen molar-refractivity contribution in [2.45, 2.75) is 49.5 Å². The van der Waals surface area contributed by atoms with E-state index >= 15 is 0 Å². The van der Waals surface area contributed by atoms with Gasteiger partial charge in [0.1, 0.15) is 5.75 Å². The third-order valence-corrected chi connectivity index (χ3v) is 5.53. The zero-order valence-corrected chi connectivity index (χ0v) is 15.1. The molecule has 2 aromatic carbocycles. The number of hydrogen-bond acceptors (Lipinski definition) is 3. The summed E-state index contributed by atoms with van der Waals surface area (Å²) in [5.74, 6) is 1.06. The Hall–Kier alpha value is -1.94. The van der Waals surface area contributed by atoms with Gasteiger partial charge in [-0.3, -0.25) is 4.79 Å². The molecule has 1 N–H and O–H groups in total. The minimum Gasteiger partial charge on any atom is -0.490 e. The molecule has 3 nitrogen and oxygen atoms in total. The van der Waals surface area contributed by atoms with Crippen LogP contribution in [0.5, 0.6) is 5.75 Å². The molecule has 3 rings (SSSR count). The molecule has 1 fully saturated rings. The van der Waals surface area contributed by atoms with Crippen molar-refractivity contribution < 1.29 is 14.6 Å². The fraction of sp³-hybridized carbons (Fsp3) is 0.381. The number of aliphatic carboxylic acids is 1. The van der Waals surface area contributed by atoms with Gasteiger partial charge in [-0.15, -0.1) is 11.8 Å². The van der Waals surface area contributed by atoms with Crippen molar-refractivity contribution in [3.8, 4) is 16.9 Å². The van der Waals surface area contributed by atoms with Crippen molar-refractivity contribution in [3.63, 3.8) is 0 Å². The first-order valence-corrected chi connectivity index (χ1v) is 9.91. The van der Waals surface area contributed by atoms with Crippen LogP contribution in [0.2, 0.25) is 0 Å². The summed E-state index contributed by atoms with van der Waals surface area (Å²) in [5, 5.41) is 8.67. The van der Waals surface area contributed by atoms with E-state index in [1.807, 2.05) is 12.1 Å². The number of hydrogen-bond donors (Lipinski definition) is 1. The van der Waals surface area contributed by atoms with Gasteiger partial charge in [0.05, 0.1) is 6.10 Å². The molecule has 0 aromatic heterocycles. The largest absolute Gasteiger partial charge is 0.490 e. The molecule has 1 aliphatic rings. The Morgan fingerprint density at radius 1 is 1.08 bits per heavy atom. The number of rotatable bonds is 8. The van der Waals surface area contributed by atoms with E-state index in [0.29, 0.717) is 12.5 Å². The summed E-state index contributed by atoms with van der Waals surface area (Å²) < 4.78 is 6.09. The maximum Gasteiger partial charge on any atom is 0.303 e. The van der Waals surface area contributed by atoms with Gasteiger partial charge in [0, 0.05) is 11.3 Å². The molecule has 0 amide bonds. The average Bonchev–Trinajstić information content (AvgIpc) is 3.12. The highest BCUT2D eigenvalue weighted by atomic mass is 32.2. The van der Waals surface area contributed by atoms with Crippen molar-refractivity contribution in [2.75, 3.05) is 5.75 Å². The second-order valence-electron chi connectivity index (χ2n) is 6.42. The molecule has 0 unspecified atom stereocenters. The quantitative estimate of drug-likeness (QED) is 0.492. The average molecular weight is 356 g/mol. The highest BCUT2D eigenvalue weighted by Gasteiger charge is 2.16. The van der Waals surface area contributed by atoms with Gasteiger partial charge in [0.25, 0.3) is 0 Å². The van der Waals surface area contributed by atoms with Gasteiger partial charge in [0.2, 0.25) is 0 Å².